The quantitative estimate of drug-likeness (QED) is 0.855. The van der Waals surface area contributed by atoms with E-state index in [2.05, 4.69) is 5.32 Å². The fourth-order valence-corrected chi connectivity index (χ4v) is 2.55. The zero-order chi connectivity index (χ0) is 14.8. The summed E-state index contributed by atoms with van der Waals surface area (Å²) in [4.78, 5) is 12.3. The van der Waals surface area contributed by atoms with Crippen LogP contribution >= 0.6 is 12.4 Å². The third-order valence-corrected chi connectivity index (χ3v) is 3.92. The van der Waals surface area contributed by atoms with E-state index in [0.717, 1.165) is 23.8 Å². The summed E-state index contributed by atoms with van der Waals surface area (Å²) in [5.41, 5.74) is 7.49. The number of fused-ring (bicyclic) bond motifs is 1. The molecule has 0 spiro atoms. The molecule has 1 amide bonds. The lowest BCUT2D eigenvalue weighted by Gasteiger charge is -2.11. The molecule has 0 radical (unpaired) electrons. The predicted molar refractivity (Wildman–Crippen MR) is 87.2 cm³/mol. The molecule has 22 heavy (non-hydrogen) atoms. The highest BCUT2D eigenvalue weighted by Crippen LogP contribution is 2.31. The molecule has 0 bridgehead atoms. The number of furan rings is 1. The van der Waals surface area contributed by atoms with Crippen molar-refractivity contribution in [3.05, 3.63) is 35.6 Å². The van der Waals surface area contributed by atoms with Crippen molar-refractivity contribution in [2.24, 2.45) is 11.7 Å². The molecule has 1 saturated carbocycles. The Morgan fingerprint density at radius 1 is 1.45 bits per heavy atom. The zero-order valence-corrected chi connectivity index (χ0v) is 13.3. The number of amides is 1. The Morgan fingerprint density at radius 2 is 2.18 bits per heavy atom. The van der Waals surface area contributed by atoms with Crippen LogP contribution in [0.2, 0.25) is 0 Å². The van der Waals surface area contributed by atoms with Gasteiger partial charge >= 0.3 is 0 Å². The predicted octanol–water partition coefficient (Wildman–Crippen LogP) is 2.47. The maximum Gasteiger partial charge on any atom is 0.287 e. The van der Waals surface area contributed by atoms with Crippen molar-refractivity contribution in [2.75, 3.05) is 13.7 Å². The number of nitrogens with two attached hydrogens (primary N) is 1. The first kappa shape index (κ1) is 16.8. The lowest BCUT2D eigenvalue weighted by atomic mass is 10.1. The van der Waals surface area contributed by atoms with Crippen molar-refractivity contribution in [2.45, 2.75) is 25.5 Å². The highest BCUT2D eigenvalue weighted by atomic mass is 35.5. The number of carbonyl (C=O) groups is 1. The number of rotatable bonds is 6. The summed E-state index contributed by atoms with van der Waals surface area (Å²) >= 11 is 0. The number of hydrogen-bond acceptors (Lipinski definition) is 4. The van der Waals surface area contributed by atoms with E-state index in [-0.39, 0.29) is 24.4 Å². The average Bonchev–Trinajstić information content (AvgIpc) is 3.28. The molecule has 1 aromatic carbocycles. The minimum atomic E-state index is -0.227. The highest BCUT2D eigenvalue weighted by Gasteiger charge is 2.29. The molecule has 1 heterocycles. The topological polar surface area (TPSA) is 77.5 Å². The van der Waals surface area contributed by atoms with Crippen molar-refractivity contribution in [1.29, 1.82) is 0 Å². The number of para-hydroxylation sites is 1. The van der Waals surface area contributed by atoms with Crippen LogP contribution in [0.25, 0.3) is 11.0 Å². The van der Waals surface area contributed by atoms with E-state index in [1.807, 2.05) is 24.3 Å². The Bertz CT molecular complexity index is 652. The fraction of sp³-hybridized carbons (Fsp3) is 0.438. The number of nitrogens with one attached hydrogen (secondary N) is 1. The van der Waals surface area contributed by atoms with E-state index >= 15 is 0 Å². The summed E-state index contributed by atoms with van der Waals surface area (Å²) < 4.78 is 10.9. The summed E-state index contributed by atoms with van der Waals surface area (Å²) in [6, 6.07) is 7.61. The van der Waals surface area contributed by atoms with Crippen molar-refractivity contribution in [3.63, 3.8) is 0 Å². The molecule has 0 saturated heterocycles. The number of halogens is 1. The number of hydrogen-bond donors (Lipinski definition) is 2. The largest absolute Gasteiger partial charge is 0.451 e. The molecule has 5 nitrogen and oxygen atoms in total. The maximum absolute atomic E-state index is 12.3. The average molecular weight is 325 g/mol. The van der Waals surface area contributed by atoms with Crippen LogP contribution in [0.15, 0.2) is 28.7 Å². The molecule has 3 N–H and O–H groups in total. The van der Waals surface area contributed by atoms with Crippen LogP contribution in [0.4, 0.5) is 0 Å². The summed E-state index contributed by atoms with van der Waals surface area (Å²) in [7, 11) is 1.60. The smallest absolute Gasteiger partial charge is 0.287 e. The van der Waals surface area contributed by atoms with Gasteiger partial charge in [-0.15, -0.1) is 12.4 Å². The summed E-state index contributed by atoms with van der Waals surface area (Å²) in [5.74, 6) is 0.648. The molecule has 0 aliphatic heterocycles. The second-order valence-electron chi connectivity index (χ2n) is 5.55. The Kier molecular flexibility index (Phi) is 5.45. The van der Waals surface area contributed by atoms with Gasteiger partial charge in [0.25, 0.3) is 5.91 Å². The third kappa shape index (κ3) is 3.43. The molecule has 2 aromatic rings. The van der Waals surface area contributed by atoms with Gasteiger partial charge in [0.2, 0.25) is 0 Å². The van der Waals surface area contributed by atoms with Gasteiger partial charge in [0, 0.05) is 30.6 Å². The van der Waals surface area contributed by atoms with Gasteiger partial charge in [0.15, 0.2) is 5.76 Å². The summed E-state index contributed by atoms with van der Waals surface area (Å²) in [5, 5.41) is 3.78. The number of ether oxygens (including phenoxy) is 1. The molecule has 120 valence electrons. The monoisotopic (exact) mass is 324 g/mol. The molecule has 1 fully saturated rings. The van der Waals surface area contributed by atoms with Gasteiger partial charge < -0.3 is 20.2 Å². The first-order chi connectivity index (χ1) is 10.2. The van der Waals surface area contributed by atoms with Crippen LogP contribution in [-0.2, 0) is 11.3 Å². The van der Waals surface area contributed by atoms with Crippen molar-refractivity contribution in [3.8, 4) is 0 Å². The van der Waals surface area contributed by atoms with E-state index in [9.17, 15) is 4.79 Å². The van der Waals surface area contributed by atoms with E-state index in [4.69, 9.17) is 14.9 Å². The van der Waals surface area contributed by atoms with Gasteiger partial charge in [-0.2, -0.15) is 0 Å². The minimum Gasteiger partial charge on any atom is -0.451 e. The molecular weight excluding hydrogens is 304 g/mol. The number of methoxy groups -OCH3 is 1. The zero-order valence-electron chi connectivity index (χ0n) is 12.5. The van der Waals surface area contributed by atoms with Crippen molar-refractivity contribution in [1.82, 2.24) is 5.32 Å². The SMILES string of the molecule is COCc1c(C(=O)NCC(N)C2CC2)oc2ccccc12.Cl. The first-order valence-corrected chi connectivity index (χ1v) is 7.24. The van der Waals surface area contributed by atoms with Crippen molar-refractivity contribution >= 4 is 29.3 Å². The normalized spacial score (nSPS) is 15.4. The Morgan fingerprint density at radius 3 is 2.86 bits per heavy atom. The van der Waals surface area contributed by atoms with Gasteiger partial charge in [-0.1, -0.05) is 18.2 Å². The molecular formula is C16H21ClN2O3. The lowest BCUT2D eigenvalue weighted by molar-refractivity contribution is 0.0918. The fourth-order valence-electron chi connectivity index (χ4n) is 2.55. The molecule has 1 aromatic heterocycles. The van der Waals surface area contributed by atoms with E-state index in [1.165, 1.54) is 0 Å². The Hall–Kier alpha value is -1.56. The maximum atomic E-state index is 12.3. The molecule has 3 rings (SSSR count). The van der Waals surface area contributed by atoms with Gasteiger partial charge in [-0.05, 0) is 24.8 Å². The minimum absolute atomic E-state index is 0. The molecule has 1 atom stereocenters. The van der Waals surface area contributed by atoms with Gasteiger partial charge in [-0.25, -0.2) is 0 Å². The molecule has 1 unspecified atom stereocenters. The third-order valence-electron chi connectivity index (χ3n) is 3.92. The second kappa shape index (κ2) is 7.13. The molecule has 6 heteroatoms. The van der Waals surface area contributed by atoms with Crippen molar-refractivity contribution < 1.29 is 13.9 Å². The van der Waals surface area contributed by atoms with Crippen LogP contribution < -0.4 is 11.1 Å². The van der Waals surface area contributed by atoms with Crippen LogP contribution in [0.1, 0.15) is 29.0 Å². The Labute approximate surface area is 135 Å². The summed E-state index contributed by atoms with van der Waals surface area (Å²) in [6.45, 7) is 0.821. The second-order valence-corrected chi connectivity index (χ2v) is 5.55. The summed E-state index contributed by atoms with van der Waals surface area (Å²) in [6.07, 6.45) is 2.33. The van der Waals surface area contributed by atoms with E-state index < -0.39 is 0 Å². The molecule has 1 aliphatic rings. The number of carbonyl (C=O) groups excluding carboxylic acids is 1. The standard InChI is InChI=1S/C16H20N2O3.ClH/c1-20-9-12-11-4-2-3-5-14(11)21-15(12)16(19)18-8-13(17)10-6-7-10;/h2-5,10,13H,6-9,17H2,1H3,(H,18,19);1H. The van der Waals surface area contributed by atoms with Crippen LogP contribution in [0, 0.1) is 5.92 Å². The first-order valence-electron chi connectivity index (χ1n) is 7.24. The number of benzene rings is 1. The van der Waals surface area contributed by atoms with Crippen LogP contribution in [0.3, 0.4) is 0 Å². The van der Waals surface area contributed by atoms with Crippen LogP contribution in [-0.4, -0.2) is 25.6 Å². The van der Waals surface area contributed by atoms with Crippen LogP contribution in [0.5, 0.6) is 0 Å². The van der Waals surface area contributed by atoms with E-state index in [0.29, 0.717) is 30.4 Å². The molecule has 1 aliphatic carbocycles. The van der Waals surface area contributed by atoms with Gasteiger partial charge in [-0.3, -0.25) is 4.79 Å². The van der Waals surface area contributed by atoms with E-state index in [1.54, 1.807) is 7.11 Å². The van der Waals surface area contributed by atoms with Gasteiger partial charge in [0.1, 0.15) is 5.58 Å². The Balaban J connectivity index is 0.00000176. The highest BCUT2D eigenvalue weighted by molar-refractivity contribution is 5.99. The van der Waals surface area contributed by atoms with Gasteiger partial charge in [0.05, 0.1) is 6.61 Å². The lowest BCUT2D eigenvalue weighted by Crippen LogP contribution is -2.38.